The van der Waals surface area contributed by atoms with Gasteiger partial charge in [-0.1, -0.05) is 24.3 Å². The van der Waals surface area contributed by atoms with Crippen LogP contribution in [0.1, 0.15) is 35.6 Å². The van der Waals surface area contributed by atoms with Gasteiger partial charge in [0.15, 0.2) is 28.7 Å². The average molecular weight is 545 g/mol. The van der Waals surface area contributed by atoms with Crippen LogP contribution in [0.5, 0.6) is 34.5 Å². The molecule has 7 N–H and O–H groups in total. The molecule has 1 unspecified atom stereocenters. The van der Waals surface area contributed by atoms with Crippen molar-refractivity contribution < 1.29 is 50.0 Å². The summed E-state index contributed by atoms with van der Waals surface area (Å²) in [4.78, 5) is 0. The third-order valence-corrected chi connectivity index (χ3v) is 7.81. The lowest BCUT2D eigenvalue weighted by atomic mass is 9.78. The standard InChI is InChI=1S/C30H24O10/c31-18-6-5-13(7-20(18)33)28-23(36)10-16-19(32)11-25-26(29(16)38-28)17-12-30(40-25,39-24-4-2-1-3-15(17)24)14-8-21(34)27(37)22(35)9-14/h1-9,11,23,25,28,31-37H,10,12H2/t23-,25?,28+,30-/m0/s1. The largest absolute Gasteiger partial charge is 0.508 e. The van der Waals surface area contributed by atoms with Gasteiger partial charge in [-0.15, -0.1) is 0 Å². The van der Waals surface area contributed by atoms with E-state index in [0.29, 0.717) is 28.2 Å². The second kappa shape index (κ2) is 8.35. The zero-order chi connectivity index (χ0) is 27.9. The van der Waals surface area contributed by atoms with Crippen molar-refractivity contribution >= 4 is 5.57 Å². The summed E-state index contributed by atoms with van der Waals surface area (Å²) in [5, 5.41) is 72.2. The fourth-order valence-electron chi connectivity index (χ4n) is 5.91. The van der Waals surface area contributed by atoms with Crippen LogP contribution in [-0.2, 0) is 15.3 Å². The van der Waals surface area contributed by atoms with Gasteiger partial charge in [-0.2, -0.15) is 0 Å². The van der Waals surface area contributed by atoms with Crippen molar-refractivity contribution in [1.29, 1.82) is 0 Å². The molecule has 2 bridgehead atoms. The van der Waals surface area contributed by atoms with Gasteiger partial charge >= 0.3 is 0 Å². The van der Waals surface area contributed by atoms with Crippen molar-refractivity contribution in [3.8, 4) is 34.5 Å². The number of aliphatic hydroxyl groups excluding tert-OH is 2. The van der Waals surface area contributed by atoms with Crippen molar-refractivity contribution in [3.63, 3.8) is 0 Å². The fraction of sp³-hybridized carbons (Fsp3) is 0.200. The Morgan fingerprint density at radius 3 is 2.30 bits per heavy atom. The summed E-state index contributed by atoms with van der Waals surface area (Å²) in [5.74, 6) is -3.33. The first kappa shape index (κ1) is 24.3. The Labute approximate surface area is 227 Å². The van der Waals surface area contributed by atoms with Gasteiger partial charge in [-0.3, -0.25) is 0 Å². The van der Waals surface area contributed by atoms with E-state index in [0.717, 1.165) is 11.1 Å². The predicted molar refractivity (Wildman–Crippen MR) is 139 cm³/mol. The lowest BCUT2D eigenvalue weighted by molar-refractivity contribution is -0.210. The Morgan fingerprint density at radius 1 is 0.800 bits per heavy atom. The average Bonchev–Trinajstić information content (AvgIpc) is 2.93. The highest BCUT2D eigenvalue weighted by Gasteiger charge is 2.52. The molecule has 0 fully saturated rings. The molecule has 4 atom stereocenters. The zero-order valence-electron chi connectivity index (χ0n) is 20.8. The topological polar surface area (TPSA) is 169 Å². The normalized spacial score (nSPS) is 26.6. The molecule has 0 spiro atoms. The minimum atomic E-state index is -1.54. The van der Waals surface area contributed by atoms with Crippen LogP contribution in [0.4, 0.5) is 0 Å². The minimum absolute atomic E-state index is 0.0521. The maximum atomic E-state index is 11.0. The zero-order valence-corrected chi connectivity index (χ0v) is 20.8. The number of allylic oxidation sites excluding steroid dienone is 1. The predicted octanol–water partition coefficient (Wildman–Crippen LogP) is 4.23. The number of phenolic OH excluding ortho intramolecular Hbond substituents is 5. The second-order valence-electron chi connectivity index (χ2n) is 10.2. The van der Waals surface area contributed by atoms with Crippen molar-refractivity contribution in [3.05, 3.63) is 100 Å². The maximum Gasteiger partial charge on any atom is 0.242 e. The van der Waals surface area contributed by atoms with Gasteiger partial charge in [0, 0.05) is 35.1 Å². The summed E-state index contributed by atoms with van der Waals surface area (Å²) >= 11 is 0. The first-order chi connectivity index (χ1) is 19.1. The van der Waals surface area contributed by atoms with Crippen molar-refractivity contribution in [2.24, 2.45) is 0 Å². The number of hydrogen-bond donors (Lipinski definition) is 7. The molecule has 4 aliphatic rings. The third kappa shape index (κ3) is 3.43. The summed E-state index contributed by atoms with van der Waals surface area (Å²) in [6, 6.07) is 13.9. The van der Waals surface area contributed by atoms with E-state index >= 15 is 0 Å². The van der Waals surface area contributed by atoms with E-state index in [9.17, 15) is 35.7 Å². The number of aliphatic hydroxyl groups is 2. The molecule has 7 rings (SSSR count). The van der Waals surface area contributed by atoms with E-state index in [-0.39, 0.29) is 35.7 Å². The molecule has 0 radical (unpaired) electrons. The first-order valence-corrected chi connectivity index (χ1v) is 12.6. The van der Waals surface area contributed by atoms with E-state index < -0.39 is 41.3 Å². The number of ether oxygens (including phenoxy) is 3. The maximum absolute atomic E-state index is 11.0. The molecule has 40 heavy (non-hydrogen) atoms. The minimum Gasteiger partial charge on any atom is -0.508 e. The highest BCUT2D eigenvalue weighted by atomic mass is 16.7. The summed E-state index contributed by atoms with van der Waals surface area (Å²) in [7, 11) is 0. The Kier molecular flexibility index (Phi) is 5.06. The van der Waals surface area contributed by atoms with E-state index in [1.54, 1.807) is 12.1 Å². The summed E-state index contributed by atoms with van der Waals surface area (Å²) in [6.45, 7) is 0. The highest BCUT2D eigenvalue weighted by Crippen LogP contribution is 2.57. The van der Waals surface area contributed by atoms with Gasteiger partial charge in [-0.25, -0.2) is 0 Å². The van der Waals surface area contributed by atoms with Crippen LogP contribution in [0.3, 0.4) is 0 Å². The molecule has 0 saturated carbocycles. The molecule has 0 saturated heterocycles. The van der Waals surface area contributed by atoms with Gasteiger partial charge in [0.1, 0.15) is 29.5 Å². The lowest BCUT2D eigenvalue weighted by Gasteiger charge is -2.48. The number of hydrogen-bond acceptors (Lipinski definition) is 10. The number of phenols is 5. The molecule has 10 heteroatoms. The van der Waals surface area contributed by atoms with E-state index in [4.69, 9.17) is 14.2 Å². The molecule has 3 aromatic rings. The summed E-state index contributed by atoms with van der Waals surface area (Å²) < 4.78 is 19.2. The van der Waals surface area contributed by atoms with Crippen molar-refractivity contribution in [1.82, 2.24) is 0 Å². The first-order valence-electron chi connectivity index (χ1n) is 12.6. The van der Waals surface area contributed by atoms with Crippen LogP contribution < -0.4 is 4.74 Å². The van der Waals surface area contributed by atoms with Gasteiger partial charge in [0.2, 0.25) is 5.79 Å². The Bertz CT molecular complexity index is 1660. The molecule has 3 aliphatic heterocycles. The highest BCUT2D eigenvalue weighted by molar-refractivity contribution is 5.81. The quantitative estimate of drug-likeness (QED) is 0.232. The number of benzene rings is 3. The van der Waals surface area contributed by atoms with Gasteiger partial charge < -0.3 is 50.0 Å². The van der Waals surface area contributed by atoms with Gasteiger partial charge in [0.25, 0.3) is 0 Å². The Hall–Kier alpha value is -4.80. The van der Waals surface area contributed by atoms with Gasteiger partial charge in [-0.05, 0) is 47.5 Å². The van der Waals surface area contributed by atoms with E-state index in [1.807, 2.05) is 12.1 Å². The second-order valence-corrected chi connectivity index (χ2v) is 10.2. The number of fused-ring (bicyclic) bond motifs is 6. The van der Waals surface area contributed by atoms with Crippen LogP contribution in [0, 0.1) is 0 Å². The SMILES string of the molecule is OC1=CC2O[C@]3(c4cc(O)c(O)c(O)c4)CC(=C2C2=C1C[C@H](O)[C@@H](c1ccc(O)c(O)c1)O2)c1ccccc1O3. The monoisotopic (exact) mass is 544 g/mol. The van der Waals surface area contributed by atoms with Crippen LogP contribution in [-0.4, -0.2) is 48.0 Å². The third-order valence-electron chi connectivity index (χ3n) is 7.81. The molecule has 0 aromatic heterocycles. The molecule has 0 amide bonds. The molecule has 3 heterocycles. The van der Waals surface area contributed by atoms with E-state index in [2.05, 4.69) is 0 Å². The van der Waals surface area contributed by atoms with Crippen molar-refractivity contribution in [2.45, 2.75) is 36.9 Å². The molecule has 204 valence electrons. The van der Waals surface area contributed by atoms with Crippen LogP contribution in [0.15, 0.2) is 83.3 Å². The summed E-state index contributed by atoms with van der Waals surface area (Å²) in [5.41, 5.74) is 3.21. The van der Waals surface area contributed by atoms with Crippen molar-refractivity contribution in [2.75, 3.05) is 0 Å². The fourth-order valence-corrected chi connectivity index (χ4v) is 5.91. The van der Waals surface area contributed by atoms with Crippen LogP contribution in [0.2, 0.25) is 0 Å². The van der Waals surface area contributed by atoms with Gasteiger partial charge in [0.05, 0.1) is 6.10 Å². The molecular weight excluding hydrogens is 520 g/mol. The smallest absolute Gasteiger partial charge is 0.242 e. The summed E-state index contributed by atoms with van der Waals surface area (Å²) in [6.07, 6.45) is -1.20. The Balaban J connectivity index is 1.41. The van der Waals surface area contributed by atoms with Crippen LogP contribution in [0.25, 0.3) is 5.57 Å². The molecular formula is C30H24O10. The molecule has 1 aliphatic carbocycles. The molecule has 10 nitrogen and oxygen atoms in total. The number of rotatable bonds is 2. The van der Waals surface area contributed by atoms with Crippen LogP contribution >= 0.6 is 0 Å². The number of aromatic hydroxyl groups is 5. The van der Waals surface area contributed by atoms with E-state index in [1.165, 1.54) is 36.4 Å². The number of para-hydroxylation sites is 1. The Morgan fingerprint density at radius 2 is 1.55 bits per heavy atom. The molecule has 3 aromatic carbocycles. The lowest BCUT2D eigenvalue weighted by Crippen LogP contribution is -2.47.